The van der Waals surface area contributed by atoms with Crippen molar-refractivity contribution in [2.24, 2.45) is 5.73 Å². The third-order valence-electron chi connectivity index (χ3n) is 9.77. The van der Waals surface area contributed by atoms with E-state index in [2.05, 4.69) is 36.9 Å². The van der Waals surface area contributed by atoms with E-state index in [9.17, 15) is 43.2 Å². The van der Waals surface area contributed by atoms with Crippen LogP contribution < -0.4 is 37.8 Å². The van der Waals surface area contributed by atoms with E-state index in [0.29, 0.717) is 17.9 Å². The van der Waals surface area contributed by atoms with Gasteiger partial charge < -0.3 is 55.5 Å². The lowest BCUT2D eigenvalue weighted by Crippen LogP contribution is -2.54. The number of amides is 9. The molecular formula is C43H58N8O16S2. The number of hydroxylamine groups is 3. The van der Waals surface area contributed by atoms with Crippen molar-refractivity contribution < 1.29 is 76.5 Å². The van der Waals surface area contributed by atoms with Crippen LogP contribution in [0.3, 0.4) is 0 Å². The molecule has 1 fully saturated rings. The molecule has 0 aromatic heterocycles. The van der Waals surface area contributed by atoms with Crippen molar-refractivity contribution >= 4 is 75.3 Å². The van der Waals surface area contributed by atoms with Crippen molar-refractivity contribution in [1.82, 2.24) is 37.1 Å². The van der Waals surface area contributed by atoms with Crippen LogP contribution >= 0.6 is 21.6 Å². The summed E-state index contributed by atoms with van der Waals surface area (Å²) in [6.07, 6.45) is -1.81. The van der Waals surface area contributed by atoms with Crippen LogP contribution in [0.2, 0.25) is 0 Å². The van der Waals surface area contributed by atoms with Crippen molar-refractivity contribution in [2.45, 2.75) is 57.0 Å². The Balaban J connectivity index is 1.05. The van der Waals surface area contributed by atoms with Gasteiger partial charge >= 0.3 is 18.3 Å². The zero-order valence-electron chi connectivity index (χ0n) is 38.0. The number of ether oxygens (including phenoxy) is 5. The fourth-order valence-corrected chi connectivity index (χ4v) is 8.37. The first-order valence-corrected chi connectivity index (χ1v) is 24.4. The van der Waals surface area contributed by atoms with Crippen LogP contribution in [0.1, 0.15) is 56.1 Å². The maximum absolute atomic E-state index is 13.3. The molecule has 1 heterocycles. The molecule has 0 saturated carbocycles. The second-order valence-corrected chi connectivity index (χ2v) is 17.6. The molecule has 0 radical (unpaired) electrons. The number of carbonyl (C=O) groups is 9. The largest absolute Gasteiger partial charge is 0.447 e. The Hall–Kier alpha value is -6.19. The summed E-state index contributed by atoms with van der Waals surface area (Å²) in [4.78, 5) is 119. The number of nitrogens with one attached hydrogen (secondary N) is 6. The van der Waals surface area contributed by atoms with Gasteiger partial charge in [-0.1, -0.05) is 77.0 Å². The van der Waals surface area contributed by atoms with E-state index in [1.807, 2.05) is 55.5 Å². The molecule has 26 heteroatoms. The molecule has 0 unspecified atom stereocenters. The monoisotopic (exact) mass is 1010 g/mol. The van der Waals surface area contributed by atoms with Crippen molar-refractivity contribution in [3.63, 3.8) is 0 Å². The summed E-state index contributed by atoms with van der Waals surface area (Å²) in [7, 11) is 2.85. The van der Waals surface area contributed by atoms with E-state index in [4.69, 9.17) is 34.3 Å². The third-order valence-corrected chi connectivity index (χ3v) is 12.3. The second kappa shape index (κ2) is 31.0. The highest BCUT2D eigenvalue weighted by atomic mass is 33.1. The lowest BCUT2D eigenvalue weighted by atomic mass is 9.98. The van der Waals surface area contributed by atoms with Gasteiger partial charge in [0.15, 0.2) is 6.61 Å². The Morgan fingerprint density at radius 3 is 2.07 bits per heavy atom. The summed E-state index contributed by atoms with van der Waals surface area (Å²) in [5.41, 5.74) is 11.9. The molecule has 1 saturated heterocycles. The van der Waals surface area contributed by atoms with Crippen molar-refractivity contribution in [1.29, 1.82) is 0 Å². The van der Waals surface area contributed by atoms with Gasteiger partial charge in [-0.15, -0.1) is 5.06 Å². The van der Waals surface area contributed by atoms with Gasteiger partial charge in [-0.25, -0.2) is 14.4 Å². The van der Waals surface area contributed by atoms with Crippen molar-refractivity contribution in [3.05, 3.63) is 59.7 Å². The van der Waals surface area contributed by atoms with Gasteiger partial charge in [-0.3, -0.25) is 38.9 Å². The number of primary amides is 1. The first kappa shape index (κ1) is 55.4. The minimum Gasteiger partial charge on any atom is -0.447 e. The highest BCUT2D eigenvalue weighted by molar-refractivity contribution is 8.76. The van der Waals surface area contributed by atoms with Gasteiger partial charge in [0.1, 0.15) is 38.6 Å². The second-order valence-electron chi connectivity index (χ2n) is 14.8. The van der Waals surface area contributed by atoms with Crippen LogP contribution in [0.5, 0.6) is 0 Å². The number of imide groups is 1. The normalized spacial score (nSPS) is 13.6. The van der Waals surface area contributed by atoms with Crippen LogP contribution in [0.25, 0.3) is 11.1 Å². The van der Waals surface area contributed by atoms with Gasteiger partial charge in [-0.2, -0.15) is 5.48 Å². The maximum Gasteiger partial charge on any atom is 0.432 e. The number of carbonyl (C=O) groups excluding carboxylic acids is 9. The SMILES string of the molecule is CCSSC[C@H](NC(=O)[C@H](CCCCNC(=O)CONC(=O)OCC1c2ccccc2-c2ccccc21)NC(=O)COCCOCNC(=O)OCCOCCNC(=O)ON1C(=O)CCC1=O)C(N)=O. The zero-order valence-corrected chi connectivity index (χ0v) is 39.6. The van der Waals surface area contributed by atoms with Gasteiger partial charge in [-0.05, 0) is 41.5 Å². The Morgan fingerprint density at radius 2 is 1.38 bits per heavy atom. The quantitative estimate of drug-likeness (QED) is 0.0178. The van der Waals surface area contributed by atoms with Crippen LogP contribution in [0, 0.1) is 0 Å². The Kier molecular flexibility index (Phi) is 24.9. The molecule has 24 nitrogen and oxygen atoms in total. The molecule has 1 aliphatic carbocycles. The number of hydrogen-bond acceptors (Lipinski definition) is 18. The van der Waals surface area contributed by atoms with E-state index in [0.717, 1.165) is 28.0 Å². The number of hydrogen-bond donors (Lipinski definition) is 7. The maximum atomic E-state index is 13.3. The zero-order chi connectivity index (χ0) is 49.8. The summed E-state index contributed by atoms with van der Waals surface area (Å²) in [5.74, 6) is -2.90. The number of nitrogens with two attached hydrogens (primary N) is 1. The minimum atomic E-state index is -1.08. The molecule has 9 amide bonds. The molecule has 4 rings (SSSR count). The Bertz CT molecular complexity index is 2010. The summed E-state index contributed by atoms with van der Waals surface area (Å²) in [5, 5.41) is 12.9. The number of nitrogens with zero attached hydrogens (tertiary/aromatic N) is 1. The van der Waals surface area contributed by atoms with E-state index in [1.165, 1.54) is 21.6 Å². The van der Waals surface area contributed by atoms with Gasteiger partial charge in [0.05, 0.1) is 26.4 Å². The van der Waals surface area contributed by atoms with Gasteiger partial charge in [0, 0.05) is 43.4 Å². The predicted molar refractivity (Wildman–Crippen MR) is 247 cm³/mol. The van der Waals surface area contributed by atoms with Crippen molar-refractivity contribution in [3.8, 4) is 11.1 Å². The van der Waals surface area contributed by atoms with E-state index in [1.54, 1.807) is 0 Å². The molecule has 0 spiro atoms. The molecule has 69 heavy (non-hydrogen) atoms. The van der Waals surface area contributed by atoms with E-state index >= 15 is 0 Å². The number of rotatable bonds is 32. The van der Waals surface area contributed by atoms with Gasteiger partial charge in [0.2, 0.25) is 23.6 Å². The Labute approximate surface area is 405 Å². The van der Waals surface area contributed by atoms with Crippen LogP contribution in [0.4, 0.5) is 14.4 Å². The number of unbranched alkanes of at least 4 members (excludes halogenated alkanes) is 1. The lowest BCUT2D eigenvalue weighted by molar-refractivity contribution is -0.171. The number of benzene rings is 2. The highest BCUT2D eigenvalue weighted by Crippen LogP contribution is 2.44. The molecule has 378 valence electrons. The summed E-state index contributed by atoms with van der Waals surface area (Å²) < 4.78 is 26.2. The predicted octanol–water partition coefficient (Wildman–Crippen LogP) is 1.12. The summed E-state index contributed by atoms with van der Waals surface area (Å²) in [6.45, 7) is 0.848. The third kappa shape index (κ3) is 20.1. The van der Waals surface area contributed by atoms with Crippen LogP contribution in [-0.4, -0.2) is 155 Å². The van der Waals surface area contributed by atoms with Gasteiger partial charge in [0.25, 0.3) is 11.8 Å². The van der Waals surface area contributed by atoms with Crippen molar-refractivity contribution in [2.75, 3.05) is 84.2 Å². The summed E-state index contributed by atoms with van der Waals surface area (Å²) in [6, 6.07) is 13.7. The average molecular weight is 1010 g/mol. The molecule has 2 aromatic carbocycles. The van der Waals surface area contributed by atoms with Crippen LogP contribution in [-0.2, 0) is 62.1 Å². The Morgan fingerprint density at radius 1 is 0.696 bits per heavy atom. The van der Waals surface area contributed by atoms with E-state index in [-0.39, 0.29) is 90.4 Å². The smallest absolute Gasteiger partial charge is 0.432 e. The fraction of sp³-hybridized carbons (Fsp3) is 0.512. The highest BCUT2D eigenvalue weighted by Gasteiger charge is 2.33. The van der Waals surface area contributed by atoms with E-state index < -0.39 is 79.0 Å². The number of fused-ring (bicyclic) bond motifs is 3. The fourth-order valence-electron chi connectivity index (χ4n) is 6.52. The van der Waals surface area contributed by atoms with Crippen LogP contribution in [0.15, 0.2) is 48.5 Å². The standard InChI is InChI=1S/C43H58N8O16S2/c1-2-68-69-26-34(39(44)56)49-40(57)33(13-7-8-16-45-35(52)25-66-50-43(60)65-23-32-30-11-5-3-9-28(30)29-10-4-6-12-31(29)32)48-36(53)24-62-19-20-63-27-47-41(58)64-22-21-61-18-17-46-42(59)67-51-37(54)14-15-38(51)55/h3-6,9-12,32-34H,2,7-8,13-27H2,1H3,(H2,44,56)(H,45,52)(H,46,59)(H,47,58)(H,48,53)(H,49,57)(H,50,60)/t33-,34-/m0/s1. The lowest BCUT2D eigenvalue weighted by Gasteiger charge is -2.22. The topological polar surface area (TPSA) is 320 Å². The molecule has 2 atom stereocenters. The summed E-state index contributed by atoms with van der Waals surface area (Å²) >= 11 is 0. The molecule has 2 aromatic rings. The first-order chi connectivity index (χ1) is 33.4. The molecular weight excluding hydrogens is 949 g/mol. The average Bonchev–Trinajstić information content (AvgIpc) is 3.83. The minimum absolute atomic E-state index is 0.00115. The molecule has 0 bridgehead atoms. The first-order valence-electron chi connectivity index (χ1n) is 22.0. The molecule has 8 N–H and O–H groups in total. The number of alkyl carbamates (subject to hydrolysis) is 1. The molecule has 1 aliphatic heterocycles. The molecule has 2 aliphatic rings.